The van der Waals surface area contributed by atoms with Crippen molar-refractivity contribution in [2.75, 3.05) is 13.1 Å². The Hall–Kier alpha value is -2.17. The van der Waals surface area contributed by atoms with Gasteiger partial charge in [-0.25, -0.2) is 4.79 Å². The summed E-state index contributed by atoms with van der Waals surface area (Å²) in [5.41, 5.74) is 1.78. The highest BCUT2D eigenvalue weighted by molar-refractivity contribution is 5.94. The van der Waals surface area contributed by atoms with Gasteiger partial charge < -0.3 is 9.64 Å². The quantitative estimate of drug-likeness (QED) is 0.785. The van der Waals surface area contributed by atoms with Crippen LogP contribution in [0.25, 0.3) is 5.57 Å². The van der Waals surface area contributed by atoms with Gasteiger partial charge in [0.25, 0.3) is 0 Å². The van der Waals surface area contributed by atoms with Gasteiger partial charge in [0.05, 0.1) is 12.2 Å². The molecule has 5 nitrogen and oxygen atoms in total. The van der Waals surface area contributed by atoms with Crippen LogP contribution in [0.15, 0.2) is 24.4 Å². The maximum absolute atomic E-state index is 12.0. The average Bonchev–Trinajstić information content (AvgIpc) is 2.86. The van der Waals surface area contributed by atoms with E-state index in [1.807, 2.05) is 26.8 Å². The maximum Gasteiger partial charge on any atom is 0.410 e. The van der Waals surface area contributed by atoms with Gasteiger partial charge >= 0.3 is 6.09 Å². The molecule has 1 aromatic heterocycles. The summed E-state index contributed by atoms with van der Waals surface area (Å²) >= 11 is 0. The van der Waals surface area contributed by atoms with E-state index in [4.69, 9.17) is 4.74 Å². The lowest BCUT2D eigenvalue weighted by Gasteiger charge is -2.24. The molecule has 2 rings (SSSR count). The molecule has 0 unspecified atom stereocenters. The highest BCUT2D eigenvalue weighted by Crippen LogP contribution is 2.22. The molecule has 0 bridgehead atoms. The Morgan fingerprint density at radius 2 is 2.05 bits per heavy atom. The molecule has 0 saturated heterocycles. The largest absolute Gasteiger partial charge is 0.444 e. The van der Waals surface area contributed by atoms with E-state index in [0.717, 1.165) is 11.3 Å². The van der Waals surface area contributed by atoms with Crippen molar-refractivity contribution in [1.29, 1.82) is 0 Å². The van der Waals surface area contributed by atoms with Crippen molar-refractivity contribution in [3.8, 4) is 0 Å². The number of pyridine rings is 1. The minimum Gasteiger partial charge on any atom is -0.444 e. The molecular weight excluding hydrogens is 268 g/mol. The third-order valence-corrected chi connectivity index (χ3v) is 3.07. The highest BCUT2D eigenvalue weighted by Gasteiger charge is 2.26. The van der Waals surface area contributed by atoms with Crippen LogP contribution in [0.5, 0.6) is 0 Å². The zero-order valence-electron chi connectivity index (χ0n) is 12.8. The molecule has 0 aromatic carbocycles. The lowest BCUT2D eigenvalue weighted by atomic mass is 10.1. The molecule has 2 heterocycles. The van der Waals surface area contributed by atoms with E-state index in [2.05, 4.69) is 4.98 Å². The Labute approximate surface area is 124 Å². The molecular formula is C16H20N2O3. The van der Waals surface area contributed by atoms with E-state index in [9.17, 15) is 9.59 Å². The number of ether oxygens (including phenoxy) is 1. The van der Waals surface area contributed by atoms with Crippen LogP contribution in [0.2, 0.25) is 0 Å². The predicted molar refractivity (Wildman–Crippen MR) is 80.0 cm³/mol. The fourth-order valence-electron chi connectivity index (χ4n) is 2.03. The second-order valence-electron chi connectivity index (χ2n) is 6.08. The summed E-state index contributed by atoms with van der Waals surface area (Å²) in [4.78, 5) is 29.3. The molecule has 0 saturated carbocycles. The number of carbonyl (C=O) groups excluding carboxylic acids is 2. The summed E-state index contributed by atoms with van der Waals surface area (Å²) in [6.07, 6.45) is 3.22. The molecule has 0 aliphatic carbocycles. The number of Topliss-reactive ketones (excluding diaryl/α,β-unsaturated/α-hetero) is 1. The summed E-state index contributed by atoms with van der Waals surface area (Å²) in [5, 5.41) is 0. The number of amides is 1. The molecule has 0 atom stereocenters. The van der Waals surface area contributed by atoms with Crippen LogP contribution in [0.4, 0.5) is 4.79 Å². The minimum absolute atomic E-state index is 0.00115. The average molecular weight is 288 g/mol. The van der Waals surface area contributed by atoms with Gasteiger partial charge in [-0.3, -0.25) is 9.78 Å². The van der Waals surface area contributed by atoms with Gasteiger partial charge in [-0.15, -0.1) is 0 Å². The van der Waals surface area contributed by atoms with E-state index < -0.39 is 5.60 Å². The summed E-state index contributed by atoms with van der Waals surface area (Å²) in [6, 6.07) is 3.44. The molecule has 1 amide bonds. The number of hydrogen-bond donors (Lipinski definition) is 0. The third kappa shape index (κ3) is 3.90. The first-order valence-electron chi connectivity index (χ1n) is 6.90. The maximum atomic E-state index is 12.0. The fraction of sp³-hybridized carbons (Fsp3) is 0.438. The van der Waals surface area contributed by atoms with Crippen molar-refractivity contribution in [3.05, 3.63) is 35.7 Å². The Balaban J connectivity index is 2.07. The van der Waals surface area contributed by atoms with Crippen molar-refractivity contribution < 1.29 is 14.3 Å². The fourth-order valence-corrected chi connectivity index (χ4v) is 2.03. The van der Waals surface area contributed by atoms with Crippen molar-refractivity contribution in [2.24, 2.45) is 0 Å². The van der Waals surface area contributed by atoms with Crippen molar-refractivity contribution >= 4 is 17.4 Å². The zero-order chi connectivity index (χ0) is 15.6. The first-order valence-corrected chi connectivity index (χ1v) is 6.90. The normalized spacial score (nSPS) is 14.9. The number of hydrogen-bond acceptors (Lipinski definition) is 4. The van der Waals surface area contributed by atoms with E-state index in [1.165, 1.54) is 6.92 Å². The van der Waals surface area contributed by atoms with Gasteiger partial charge in [0.1, 0.15) is 5.60 Å². The van der Waals surface area contributed by atoms with Crippen LogP contribution < -0.4 is 0 Å². The Bertz CT molecular complexity index is 600. The number of carbonyl (C=O) groups is 2. The summed E-state index contributed by atoms with van der Waals surface area (Å²) in [7, 11) is 0. The van der Waals surface area contributed by atoms with E-state index in [-0.39, 0.29) is 11.9 Å². The first-order chi connectivity index (χ1) is 9.76. The SMILES string of the molecule is CC(=O)c1ccnc(C2=CCN(C(=O)OC(C)(C)C)C2)c1. The predicted octanol–water partition coefficient (Wildman–Crippen LogP) is 2.92. The molecule has 0 N–H and O–H groups in total. The van der Waals surface area contributed by atoms with Gasteiger partial charge in [-0.1, -0.05) is 6.08 Å². The van der Waals surface area contributed by atoms with Crippen molar-refractivity contribution in [2.45, 2.75) is 33.3 Å². The molecule has 1 aliphatic rings. The Kier molecular flexibility index (Phi) is 4.11. The minimum atomic E-state index is -0.507. The van der Waals surface area contributed by atoms with Crippen molar-refractivity contribution in [3.63, 3.8) is 0 Å². The second kappa shape index (κ2) is 5.68. The monoisotopic (exact) mass is 288 g/mol. The molecule has 1 aromatic rings. The highest BCUT2D eigenvalue weighted by atomic mass is 16.6. The lowest BCUT2D eigenvalue weighted by molar-refractivity contribution is 0.0306. The third-order valence-electron chi connectivity index (χ3n) is 3.07. The van der Waals surface area contributed by atoms with E-state index in [0.29, 0.717) is 18.7 Å². The number of aromatic nitrogens is 1. The number of nitrogens with zero attached hydrogens (tertiary/aromatic N) is 2. The van der Waals surface area contributed by atoms with Gasteiger partial charge in [-0.05, 0) is 45.4 Å². The lowest BCUT2D eigenvalue weighted by Crippen LogP contribution is -2.35. The van der Waals surface area contributed by atoms with Crippen LogP contribution in [-0.2, 0) is 4.74 Å². The van der Waals surface area contributed by atoms with Gasteiger partial charge in [0.15, 0.2) is 5.78 Å². The van der Waals surface area contributed by atoms with Crippen molar-refractivity contribution in [1.82, 2.24) is 9.88 Å². The van der Waals surface area contributed by atoms with Crippen LogP contribution in [-0.4, -0.2) is 40.5 Å². The van der Waals surface area contributed by atoms with E-state index >= 15 is 0 Å². The van der Waals surface area contributed by atoms with Crippen LogP contribution in [0.3, 0.4) is 0 Å². The van der Waals surface area contributed by atoms with Crippen LogP contribution in [0, 0.1) is 0 Å². The van der Waals surface area contributed by atoms with E-state index in [1.54, 1.807) is 23.2 Å². The van der Waals surface area contributed by atoms with Crippen LogP contribution in [0.1, 0.15) is 43.7 Å². The molecule has 0 radical (unpaired) electrons. The standard InChI is InChI=1S/C16H20N2O3/c1-11(19)12-5-7-17-14(9-12)13-6-8-18(10-13)15(20)21-16(2,3)4/h5-7,9H,8,10H2,1-4H3. The van der Waals surface area contributed by atoms with Crippen LogP contribution >= 0.6 is 0 Å². The molecule has 5 heteroatoms. The molecule has 0 spiro atoms. The number of ketones is 1. The zero-order valence-corrected chi connectivity index (χ0v) is 12.8. The second-order valence-corrected chi connectivity index (χ2v) is 6.08. The Morgan fingerprint density at radius 1 is 1.33 bits per heavy atom. The molecule has 0 fully saturated rings. The Morgan fingerprint density at radius 3 is 2.67 bits per heavy atom. The molecule has 112 valence electrons. The summed E-state index contributed by atoms with van der Waals surface area (Å²) in [6.45, 7) is 7.99. The molecule has 1 aliphatic heterocycles. The van der Waals surface area contributed by atoms with Gasteiger partial charge in [0.2, 0.25) is 0 Å². The smallest absolute Gasteiger partial charge is 0.410 e. The summed E-state index contributed by atoms with van der Waals surface area (Å²) < 4.78 is 5.35. The summed E-state index contributed by atoms with van der Waals surface area (Å²) in [5.74, 6) is 0.00115. The number of rotatable bonds is 2. The topological polar surface area (TPSA) is 59.5 Å². The first kappa shape index (κ1) is 15.2. The molecule has 21 heavy (non-hydrogen) atoms. The van der Waals surface area contributed by atoms with Gasteiger partial charge in [0, 0.05) is 18.3 Å². The van der Waals surface area contributed by atoms with Gasteiger partial charge in [-0.2, -0.15) is 0 Å².